The predicted molar refractivity (Wildman–Crippen MR) is 61.4 cm³/mol. The lowest BCUT2D eigenvalue weighted by Gasteiger charge is -2.29. The Bertz CT molecular complexity index is 424. The molecule has 88 valence electrons. The second-order valence-electron chi connectivity index (χ2n) is 3.84. The summed E-state index contributed by atoms with van der Waals surface area (Å²) in [6.07, 6.45) is 1.50. The highest BCUT2D eigenvalue weighted by molar-refractivity contribution is 5.46. The van der Waals surface area contributed by atoms with Crippen LogP contribution in [-0.2, 0) is 6.54 Å². The van der Waals surface area contributed by atoms with Crippen LogP contribution in [0.2, 0.25) is 0 Å². The van der Waals surface area contributed by atoms with Gasteiger partial charge in [-0.2, -0.15) is 0 Å². The number of aryl methyl sites for hydroxylation is 1. The summed E-state index contributed by atoms with van der Waals surface area (Å²) in [4.78, 5) is 13.8. The molecule has 0 saturated carbocycles. The van der Waals surface area contributed by atoms with E-state index in [-0.39, 0.29) is 11.2 Å². The van der Waals surface area contributed by atoms with Gasteiger partial charge in [0.25, 0.3) is 5.56 Å². The number of nitrogens with one attached hydrogen (secondary N) is 1. The maximum atomic E-state index is 13.7. The van der Waals surface area contributed by atoms with Crippen LogP contribution in [0.5, 0.6) is 0 Å². The third kappa shape index (κ3) is 1.95. The minimum Gasteiger partial charge on any atom is -0.362 e. The molecule has 0 unspecified atom stereocenters. The molecule has 1 aromatic heterocycles. The molecule has 2 rings (SSSR count). The SMILES string of the molecule is CCn1ccc(F)c(N2CCNCC2)c1=O. The molecule has 1 fully saturated rings. The van der Waals surface area contributed by atoms with Crippen molar-refractivity contribution in [3.8, 4) is 0 Å². The molecular formula is C11H16FN3O. The van der Waals surface area contributed by atoms with Crippen molar-refractivity contribution in [2.75, 3.05) is 31.1 Å². The zero-order chi connectivity index (χ0) is 11.5. The molecule has 0 aliphatic carbocycles. The standard InChI is InChI=1S/C11H16FN3O/c1-2-14-6-3-9(12)10(11(14)16)15-7-4-13-5-8-15/h3,6,13H,2,4-5,7-8H2,1H3. The van der Waals surface area contributed by atoms with Gasteiger partial charge in [0.2, 0.25) is 0 Å². The monoisotopic (exact) mass is 225 g/mol. The van der Waals surface area contributed by atoms with Gasteiger partial charge in [-0.25, -0.2) is 4.39 Å². The van der Waals surface area contributed by atoms with Gasteiger partial charge in [0.15, 0.2) is 5.82 Å². The maximum Gasteiger partial charge on any atom is 0.277 e. The highest BCUT2D eigenvalue weighted by Crippen LogP contribution is 2.14. The number of hydrogen-bond acceptors (Lipinski definition) is 3. The average Bonchev–Trinajstić information content (AvgIpc) is 2.31. The fraction of sp³-hybridized carbons (Fsp3) is 0.545. The van der Waals surface area contributed by atoms with E-state index in [1.807, 2.05) is 11.8 Å². The molecule has 0 atom stereocenters. The fourth-order valence-electron chi connectivity index (χ4n) is 1.96. The van der Waals surface area contributed by atoms with E-state index in [1.54, 1.807) is 0 Å². The first-order valence-corrected chi connectivity index (χ1v) is 5.58. The Kier molecular flexibility index (Phi) is 3.24. The van der Waals surface area contributed by atoms with Gasteiger partial charge < -0.3 is 14.8 Å². The van der Waals surface area contributed by atoms with E-state index in [2.05, 4.69) is 5.32 Å². The lowest BCUT2D eigenvalue weighted by molar-refractivity contribution is 0.555. The third-order valence-electron chi connectivity index (χ3n) is 2.86. The maximum absolute atomic E-state index is 13.7. The van der Waals surface area contributed by atoms with Crippen molar-refractivity contribution in [3.05, 3.63) is 28.4 Å². The van der Waals surface area contributed by atoms with Crippen LogP contribution in [0.3, 0.4) is 0 Å². The van der Waals surface area contributed by atoms with E-state index in [9.17, 15) is 9.18 Å². The quantitative estimate of drug-likeness (QED) is 0.792. The van der Waals surface area contributed by atoms with Crippen LogP contribution < -0.4 is 15.8 Å². The molecule has 5 heteroatoms. The molecule has 0 radical (unpaired) electrons. The molecule has 1 aromatic rings. The molecule has 1 N–H and O–H groups in total. The molecular weight excluding hydrogens is 209 g/mol. The number of piperazine rings is 1. The Labute approximate surface area is 93.7 Å². The van der Waals surface area contributed by atoms with Gasteiger partial charge in [0.1, 0.15) is 5.69 Å². The van der Waals surface area contributed by atoms with Crippen LogP contribution in [0.1, 0.15) is 6.92 Å². The lowest BCUT2D eigenvalue weighted by Crippen LogP contribution is -2.46. The summed E-state index contributed by atoms with van der Waals surface area (Å²) in [6.45, 7) is 5.39. The summed E-state index contributed by atoms with van der Waals surface area (Å²) in [5.74, 6) is -0.420. The Morgan fingerprint density at radius 1 is 1.44 bits per heavy atom. The average molecular weight is 225 g/mol. The number of anilines is 1. The van der Waals surface area contributed by atoms with Crippen molar-refractivity contribution >= 4 is 5.69 Å². The second-order valence-corrected chi connectivity index (χ2v) is 3.84. The Morgan fingerprint density at radius 3 is 2.75 bits per heavy atom. The largest absolute Gasteiger partial charge is 0.362 e. The lowest BCUT2D eigenvalue weighted by atomic mass is 10.3. The number of hydrogen-bond donors (Lipinski definition) is 1. The van der Waals surface area contributed by atoms with Gasteiger partial charge in [0.05, 0.1) is 0 Å². The first-order valence-electron chi connectivity index (χ1n) is 5.58. The summed E-state index contributed by atoms with van der Waals surface area (Å²) in [5.41, 5.74) is -0.0183. The van der Waals surface area contributed by atoms with E-state index in [0.29, 0.717) is 19.6 Å². The molecule has 2 heterocycles. The van der Waals surface area contributed by atoms with E-state index < -0.39 is 5.82 Å². The van der Waals surface area contributed by atoms with Crippen LogP contribution in [0.15, 0.2) is 17.1 Å². The summed E-state index contributed by atoms with van der Waals surface area (Å²) >= 11 is 0. The van der Waals surface area contributed by atoms with Crippen molar-refractivity contribution in [1.29, 1.82) is 0 Å². The van der Waals surface area contributed by atoms with Gasteiger partial charge in [-0.3, -0.25) is 4.79 Å². The highest BCUT2D eigenvalue weighted by atomic mass is 19.1. The summed E-state index contributed by atoms with van der Waals surface area (Å²) in [7, 11) is 0. The topological polar surface area (TPSA) is 37.3 Å². The van der Waals surface area contributed by atoms with E-state index in [4.69, 9.17) is 0 Å². The fourth-order valence-corrected chi connectivity index (χ4v) is 1.96. The zero-order valence-electron chi connectivity index (χ0n) is 9.37. The first-order chi connectivity index (χ1) is 7.74. The molecule has 16 heavy (non-hydrogen) atoms. The summed E-state index contributed by atoms with van der Waals surface area (Å²) < 4.78 is 15.2. The Hall–Kier alpha value is -1.36. The molecule has 4 nitrogen and oxygen atoms in total. The number of nitrogens with zero attached hydrogens (tertiary/aromatic N) is 2. The number of aromatic nitrogens is 1. The van der Waals surface area contributed by atoms with Crippen LogP contribution in [0, 0.1) is 5.82 Å². The first kappa shape index (κ1) is 11.1. The molecule has 0 spiro atoms. The molecule has 0 amide bonds. The van der Waals surface area contributed by atoms with E-state index in [1.165, 1.54) is 16.8 Å². The van der Waals surface area contributed by atoms with Gasteiger partial charge >= 0.3 is 0 Å². The van der Waals surface area contributed by atoms with Crippen molar-refractivity contribution < 1.29 is 4.39 Å². The zero-order valence-corrected chi connectivity index (χ0v) is 9.37. The van der Waals surface area contributed by atoms with Crippen LogP contribution >= 0.6 is 0 Å². The number of halogens is 1. The predicted octanol–water partition coefficient (Wildman–Crippen LogP) is 0.417. The molecule has 0 aromatic carbocycles. The molecule has 0 bridgehead atoms. The van der Waals surface area contributed by atoms with Gasteiger partial charge in [-0.1, -0.05) is 0 Å². The summed E-state index contributed by atoms with van der Waals surface area (Å²) in [5, 5.41) is 3.18. The van der Waals surface area contributed by atoms with Crippen molar-refractivity contribution in [1.82, 2.24) is 9.88 Å². The number of rotatable bonds is 2. The van der Waals surface area contributed by atoms with Gasteiger partial charge in [0, 0.05) is 38.9 Å². The minimum atomic E-state index is -0.420. The van der Waals surface area contributed by atoms with Crippen molar-refractivity contribution in [3.63, 3.8) is 0 Å². The molecule has 1 saturated heterocycles. The summed E-state index contributed by atoms with van der Waals surface area (Å²) in [6, 6.07) is 1.36. The normalized spacial score (nSPS) is 16.5. The third-order valence-corrected chi connectivity index (χ3v) is 2.86. The molecule has 1 aliphatic rings. The van der Waals surface area contributed by atoms with Gasteiger partial charge in [-0.05, 0) is 13.0 Å². The van der Waals surface area contributed by atoms with Gasteiger partial charge in [-0.15, -0.1) is 0 Å². The Morgan fingerprint density at radius 2 is 2.12 bits per heavy atom. The van der Waals surface area contributed by atoms with Crippen molar-refractivity contribution in [2.24, 2.45) is 0 Å². The van der Waals surface area contributed by atoms with Crippen molar-refractivity contribution in [2.45, 2.75) is 13.5 Å². The minimum absolute atomic E-state index is 0.214. The second kappa shape index (κ2) is 4.65. The van der Waals surface area contributed by atoms with Crippen LogP contribution in [-0.4, -0.2) is 30.7 Å². The van der Waals surface area contributed by atoms with E-state index >= 15 is 0 Å². The Balaban J connectivity index is 2.41. The van der Waals surface area contributed by atoms with Crippen LogP contribution in [0.4, 0.5) is 10.1 Å². The number of pyridine rings is 1. The van der Waals surface area contributed by atoms with E-state index in [0.717, 1.165) is 13.1 Å². The molecule has 1 aliphatic heterocycles. The highest BCUT2D eigenvalue weighted by Gasteiger charge is 2.18. The smallest absolute Gasteiger partial charge is 0.277 e. The van der Waals surface area contributed by atoms with Crippen LogP contribution in [0.25, 0.3) is 0 Å².